The molecule has 0 N–H and O–H groups in total. The summed E-state index contributed by atoms with van der Waals surface area (Å²) < 4.78 is 6.68. The van der Waals surface area contributed by atoms with E-state index in [2.05, 4.69) is 5.10 Å². The minimum absolute atomic E-state index is 0.0212. The lowest BCUT2D eigenvalue weighted by molar-refractivity contribution is -0.385. The standard InChI is InChI=1S/C12H19N3O4/c1-12(2,3)19-11(16)6-4-5-7-14-9-10(8-13-14)15(17)18/h8-9H,4-7H2,1-3H3. The van der Waals surface area contributed by atoms with Crippen molar-refractivity contribution in [2.24, 2.45) is 0 Å². The van der Waals surface area contributed by atoms with E-state index < -0.39 is 10.5 Å². The van der Waals surface area contributed by atoms with Crippen molar-refractivity contribution in [3.05, 3.63) is 22.5 Å². The molecular formula is C12H19N3O4. The second-order valence-corrected chi connectivity index (χ2v) is 5.26. The monoisotopic (exact) mass is 269 g/mol. The van der Waals surface area contributed by atoms with Gasteiger partial charge in [0.25, 0.3) is 0 Å². The Labute approximate surface area is 111 Å². The fourth-order valence-electron chi connectivity index (χ4n) is 1.50. The van der Waals surface area contributed by atoms with Crippen molar-refractivity contribution in [1.82, 2.24) is 9.78 Å². The molecule has 7 heteroatoms. The molecular weight excluding hydrogens is 250 g/mol. The highest BCUT2D eigenvalue weighted by molar-refractivity contribution is 5.69. The highest BCUT2D eigenvalue weighted by atomic mass is 16.6. The van der Waals surface area contributed by atoms with Gasteiger partial charge in [-0.05, 0) is 33.6 Å². The number of unbranched alkanes of at least 4 members (excludes halogenated alkanes) is 1. The molecule has 0 aromatic carbocycles. The third kappa shape index (κ3) is 5.98. The topological polar surface area (TPSA) is 87.3 Å². The van der Waals surface area contributed by atoms with Crippen LogP contribution in [0.3, 0.4) is 0 Å². The Bertz CT molecular complexity index is 448. The van der Waals surface area contributed by atoms with Gasteiger partial charge < -0.3 is 4.74 Å². The van der Waals surface area contributed by atoms with Gasteiger partial charge in [0.2, 0.25) is 0 Å². The zero-order valence-electron chi connectivity index (χ0n) is 11.5. The van der Waals surface area contributed by atoms with E-state index in [-0.39, 0.29) is 11.7 Å². The van der Waals surface area contributed by atoms with Gasteiger partial charge in [0.05, 0.1) is 4.92 Å². The normalized spacial score (nSPS) is 11.3. The maximum atomic E-state index is 11.4. The molecule has 1 aromatic rings. The van der Waals surface area contributed by atoms with E-state index in [1.165, 1.54) is 17.1 Å². The first-order valence-electron chi connectivity index (χ1n) is 6.16. The van der Waals surface area contributed by atoms with E-state index in [9.17, 15) is 14.9 Å². The van der Waals surface area contributed by atoms with Crippen molar-refractivity contribution < 1.29 is 14.5 Å². The number of ether oxygens (including phenoxy) is 1. The molecule has 19 heavy (non-hydrogen) atoms. The van der Waals surface area contributed by atoms with Crippen LogP contribution in [0, 0.1) is 10.1 Å². The van der Waals surface area contributed by atoms with E-state index in [1.807, 2.05) is 20.8 Å². The van der Waals surface area contributed by atoms with Gasteiger partial charge in [-0.2, -0.15) is 5.10 Å². The summed E-state index contributed by atoms with van der Waals surface area (Å²) in [5.41, 5.74) is -0.480. The minimum Gasteiger partial charge on any atom is -0.460 e. The smallest absolute Gasteiger partial charge is 0.306 e. The maximum absolute atomic E-state index is 11.4. The summed E-state index contributed by atoms with van der Waals surface area (Å²) in [5, 5.41) is 14.3. The van der Waals surface area contributed by atoms with Crippen LogP contribution in [0.2, 0.25) is 0 Å². The predicted octanol–water partition coefficient (Wildman–Crippen LogP) is 2.30. The lowest BCUT2D eigenvalue weighted by Gasteiger charge is -2.19. The Morgan fingerprint density at radius 1 is 1.47 bits per heavy atom. The molecule has 0 saturated carbocycles. The number of nitro groups is 1. The van der Waals surface area contributed by atoms with Crippen LogP contribution < -0.4 is 0 Å². The second kappa shape index (κ2) is 6.31. The van der Waals surface area contributed by atoms with Gasteiger partial charge in [0.1, 0.15) is 18.0 Å². The van der Waals surface area contributed by atoms with Crippen molar-refractivity contribution in [2.45, 2.75) is 52.2 Å². The van der Waals surface area contributed by atoms with Crippen molar-refractivity contribution in [1.29, 1.82) is 0 Å². The first-order valence-corrected chi connectivity index (χ1v) is 6.16. The molecule has 7 nitrogen and oxygen atoms in total. The van der Waals surface area contributed by atoms with Crippen molar-refractivity contribution in [3.63, 3.8) is 0 Å². The van der Waals surface area contributed by atoms with Crippen molar-refractivity contribution in [2.75, 3.05) is 0 Å². The summed E-state index contributed by atoms with van der Waals surface area (Å²) in [6.45, 7) is 6.03. The maximum Gasteiger partial charge on any atom is 0.306 e. The Morgan fingerprint density at radius 3 is 2.68 bits per heavy atom. The second-order valence-electron chi connectivity index (χ2n) is 5.26. The Kier molecular flexibility index (Phi) is 5.02. The molecule has 1 rings (SSSR count). The molecule has 0 bridgehead atoms. The quantitative estimate of drug-likeness (QED) is 0.342. The lowest BCUT2D eigenvalue weighted by atomic mass is 10.2. The highest BCUT2D eigenvalue weighted by Crippen LogP contribution is 2.11. The van der Waals surface area contributed by atoms with Crippen LogP contribution in [-0.4, -0.2) is 26.3 Å². The number of aromatic nitrogens is 2. The molecule has 1 aromatic heterocycles. The zero-order chi connectivity index (χ0) is 14.5. The Hall–Kier alpha value is -1.92. The van der Waals surface area contributed by atoms with Gasteiger partial charge in [0.15, 0.2) is 0 Å². The van der Waals surface area contributed by atoms with Gasteiger partial charge in [-0.25, -0.2) is 0 Å². The molecule has 1 heterocycles. The fourth-order valence-corrected chi connectivity index (χ4v) is 1.50. The number of carbonyl (C=O) groups is 1. The number of nitrogens with zero attached hydrogens (tertiary/aromatic N) is 3. The van der Waals surface area contributed by atoms with E-state index in [1.54, 1.807) is 0 Å². The SMILES string of the molecule is CC(C)(C)OC(=O)CCCCn1cc([N+](=O)[O-])cn1. The predicted molar refractivity (Wildman–Crippen MR) is 68.6 cm³/mol. The lowest BCUT2D eigenvalue weighted by Crippen LogP contribution is -2.23. The molecule has 0 spiro atoms. The molecule has 0 amide bonds. The van der Waals surface area contributed by atoms with Crippen LogP contribution in [0.4, 0.5) is 5.69 Å². The molecule has 106 valence electrons. The molecule has 0 fully saturated rings. The molecule has 0 atom stereocenters. The van der Waals surface area contributed by atoms with E-state index in [0.717, 1.165) is 6.42 Å². The average molecular weight is 269 g/mol. The highest BCUT2D eigenvalue weighted by Gasteiger charge is 2.15. The summed E-state index contributed by atoms with van der Waals surface area (Å²) in [6.07, 6.45) is 4.34. The Balaban J connectivity index is 2.23. The fraction of sp³-hybridized carbons (Fsp3) is 0.667. The number of rotatable bonds is 6. The van der Waals surface area contributed by atoms with Crippen molar-refractivity contribution >= 4 is 11.7 Å². The third-order valence-electron chi connectivity index (χ3n) is 2.27. The van der Waals surface area contributed by atoms with Gasteiger partial charge >= 0.3 is 11.7 Å². The third-order valence-corrected chi connectivity index (χ3v) is 2.27. The van der Waals surface area contributed by atoms with Crippen LogP contribution in [0.1, 0.15) is 40.0 Å². The number of hydrogen-bond acceptors (Lipinski definition) is 5. The van der Waals surface area contributed by atoms with E-state index >= 15 is 0 Å². The summed E-state index contributed by atoms with van der Waals surface area (Å²) in [5.74, 6) is -0.223. The van der Waals surface area contributed by atoms with Crippen molar-refractivity contribution in [3.8, 4) is 0 Å². The largest absolute Gasteiger partial charge is 0.460 e. The molecule has 0 unspecified atom stereocenters. The van der Waals surface area contributed by atoms with Crippen LogP contribution in [0.25, 0.3) is 0 Å². The molecule has 0 radical (unpaired) electrons. The van der Waals surface area contributed by atoms with Gasteiger partial charge in [0, 0.05) is 13.0 Å². The summed E-state index contributed by atoms with van der Waals surface area (Å²) in [6, 6.07) is 0. The van der Waals surface area contributed by atoms with Gasteiger partial charge in [-0.1, -0.05) is 0 Å². The first-order chi connectivity index (χ1) is 8.78. The number of hydrogen-bond donors (Lipinski definition) is 0. The number of carbonyl (C=O) groups excluding carboxylic acids is 1. The minimum atomic E-state index is -0.482. The first kappa shape index (κ1) is 15.1. The van der Waals surface area contributed by atoms with Crippen LogP contribution in [0.15, 0.2) is 12.4 Å². The zero-order valence-corrected chi connectivity index (χ0v) is 11.5. The van der Waals surface area contributed by atoms with Crippen LogP contribution in [0.5, 0.6) is 0 Å². The molecule has 0 aliphatic heterocycles. The molecule has 0 aliphatic rings. The van der Waals surface area contributed by atoms with Gasteiger partial charge in [-0.15, -0.1) is 0 Å². The summed E-state index contributed by atoms with van der Waals surface area (Å²) >= 11 is 0. The molecule has 0 aliphatic carbocycles. The number of aryl methyl sites for hydroxylation is 1. The number of esters is 1. The van der Waals surface area contributed by atoms with Crippen LogP contribution in [-0.2, 0) is 16.1 Å². The Morgan fingerprint density at radius 2 is 2.16 bits per heavy atom. The van der Waals surface area contributed by atoms with Gasteiger partial charge in [-0.3, -0.25) is 19.6 Å². The van der Waals surface area contributed by atoms with Crippen LogP contribution >= 0.6 is 0 Å². The summed E-state index contributed by atoms with van der Waals surface area (Å²) in [4.78, 5) is 21.4. The summed E-state index contributed by atoms with van der Waals surface area (Å²) in [7, 11) is 0. The molecule has 0 saturated heterocycles. The van der Waals surface area contributed by atoms with E-state index in [0.29, 0.717) is 19.4 Å². The van der Waals surface area contributed by atoms with E-state index in [4.69, 9.17) is 4.74 Å². The average Bonchev–Trinajstić information content (AvgIpc) is 2.70.